The van der Waals surface area contributed by atoms with Crippen molar-refractivity contribution in [2.75, 3.05) is 12.4 Å². The first-order valence-corrected chi connectivity index (χ1v) is 6.69. The molecule has 7 heteroatoms. The molecule has 4 N–H and O–H groups in total. The number of rotatable bonds is 5. The van der Waals surface area contributed by atoms with Crippen molar-refractivity contribution in [3.05, 3.63) is 47.4 Å². The molecule has 0 unspecified atom stereocenters. The van der Waals surface area contributed by atoms with Crippen molar-refractivity contribution >= 4 is 12.1 Å². The fourth-order valence-corrected chi connectivity index (χ4v) is 1.78. The average molecular weight is 303 g/mol. The van der Waals surface area contributed by atoms with Crippen molar-refractivity contribution < 1.29 is 9.53 Å². The first-order valence-electron chi connectivity index (χ1n) is 6.69. The van der Waals surface area contributed by atoms with Gasteiger partial charge in [0.25, 0.3) is 0 Å². The minimum absolute atomic E-state index is 0.403. The number of carbonyl (C=O) groups excluding carboxylic acids is 1. The average Bonchev–Trinajstić information content (AvgIpc) is 2.53. The molecule has 0 bridgehead atoms. The summed E-state index contributed by atoms with van der Waals surface area (Å²) in [6, 6.07) is 6.13. The smallest absolute Gasteiger partial charge is 0.232 e. The number of hydrogen-bond donors (Lipinski definition) is 3. The maximum absolute atomic E-state index is 8.94. The minimum atomic E-state index is 0.403. The Kier molecular flexibility index (Phi) is 7.35. The predicted octanol–water partition coefficient (Wildman–Crippen LogP) is 1.32. The lowest BCUT2D eigenvalue weighted by Gasteiger charge is -2.12. The SMILES string of the molecule is CNc1cccc(C)c1COc1cncc(C)n1.NNC=O. The lowest BCUT2D eigenvalue weighted by atomic mass is 10.1. The third-order valence-electron chi connectivity index (χ3n) is 2.84. The molecule has 0 aliphatic rings. The quantitative estimate of drug-likeness (QED) is 0.333. The zero-order valence-electron chi connectivity index (χ0n) is 13.0. The molecule has 2 aromatic rings. The summed E-state index contributed by atoms with van der Waals surface area (Å²) in [5.74, 6) is 4.97. The molecule has 118 valence electrons. The van der Waals surface area contributed by atoms with Crippen molar-refractivity contribution in [1.29, 1.82) is 0 Å². The van der Waals surface area contributed by atoms with Crippen molar-refractivity contribution in [2.24, 2.45) is 5.84 Å². The topological polar surface area (TPSA) is 102 Å². The number of aryl methyl sites for hydroxylation is 2. The number of nitrogens with one attached hydrogen (secondary N) is 2. The normalized spacial score (nSPS) is 9.27. The third-order valence-corrected chi connectivity index (χ3v) is 2.84. The van der Waals surface area contributed by atoms with E-state index >= 15 is 0 Å². The standard InChI is InChI=1S/C14H17N3O.CH4N2O/c1-10-5-4-6-13(15-3)12(10)9-18-14-8-16-7-11(2)17-14;2-3-1-4/h4-8,15H,9H2,1-3H3;1H,2H2,(H,3,4). The lowest BCUT2D eigenvalue weighted by molar-refractivity contribution is -0.109. The zero-order chi connectivity index (χ0) is 16.4. The number of nitrogens with zero attached hydrogens (tertiary/aromatic N) is 2. The summed E-state index contributed by atoms with van der Waals surface area (Å²) >= 11 is 0. The molecule has 0 saturated heterocycles. The summed E-state index contributed by atoms with van der Waals surface area (Å²) in [6.07, 6.45) is 3.74. The highest BCUT2D eigenvalue weighted by Crippen LogP contribution is 2.20. The van der Waals surface area contributed by atoms with Gasteiger partial charge in [-0.1, -0.05) is 12.1 Å². The van der Waals surface area contributed by atoms with Gasteiger partial charge in [-0.2, -0.15) is 0 Å². The van der Waals surface area contributed by atoms with E-state index in [9.17, 15) is 0 Å². The Balaban J connectivity index is 0.000000541. The van der Waals surface area contributed by atoms with Gasteiger partial charge in [0.15, 0.2) is 0 Å². The van der Waals surface area contributed by atoms with Crippen LogP contribution in [0.2, 0.25) is 0 Å². The van der Waals surface area contributed by atoms with Gasteiger partial charge in [0.1, 0.15) is 6.61 Å². The van der Waals surface area contributed by atoms with Crippen LogP contribution in [0.15, 0.2) is 30.6 Å². The first-order chi connectivity index (χ1) is 10.6. The molecule has 1 aromatic heterocycles. The van der Waals surface area contributed by atoms with Crippen LogP contribution in [0, 0.1) is 13.8 Å². The second-order valence-electron chi connectivity index (χ2n) is 4.42. The van der Waals surface area contributed by atoms with Crippen LogP contribution >= 0.6 is 0 Å². The summed E-state index contributed by atoms with van der Waals surface area (Å²) in [5.41, 5.74) is 6.02. The molecule has 7 nitrogen and oxygen atoms in total. The molecule has 2 rings (SSSR count). The molecule has 0 saturated carbocycles. The van der Waals surface area contributed by atoms with Crippen molar-refractivity contribution in [3.8, 4) is 5.88 Å². The van der Waals surface area contributed by atoms with Gasteiger partial charge in [0, 0.05) is 24.5 Å². The molecule has 0 atom stereocenters. The highest BCUT2D eigenvalue weighted by molar-refractivity contribution is 5.53. The number of carbonyl (C=O) groups is 1. The number of ether oxygens (including phenoxy) is 1. The number of benzene rings is 1. The Morgan fingerprint density at radius 2 is 2.05 bits per heavy atom. The van der Waals surface area contributed by atoms with Gasteiger partial charge in [-0.15, -0.1) is 0 Å². The number of hydrazine groups is 1. The van der Waals surface area contributed by atoms with E-state index in [2.05, 4.69) is 34.1 Å². The van der Waals surface area contributed by atoms with E-state index in [1.165, 1.54) is 5.56 Å². The van der Waals surface area contributed by atoms with Gasteiger partial charge in [-0.25, -0.2) is 10.8 Å². The molecule has 22 heavy (non-hydrogen) atoms. The Morgan fingerprint density at radius 1 is 1.32 bits per heavy atom. The Bertz CT molecular complexity index is 604. The van der Waals surface area contributed by atoms with Crippen LogP contribution < -0.4 is 21.3 Å². The number of aromatic nitrogens is 2. The van der Waals surface area contributed by atoms with Gasteiger partial charge >= 0.3 is 0 Å². The summed E-state index contributed by atoms with van der Waals surface area (Å²) in [6.45, 7) is 4.45. The van der Waals surface area contributed by atoms with Crippen LogP contribution in [-0.2, 0) is 11.4 Å². The number of anilines is 1. The maximum Gasteiger partial charge on any atom is 0.232 e. The first kappa shape index (κ1) is 17.4. The highest BCUT2D eigenvalue weighted by atomic mass is 16.5. The van der Waals surface area contributed by atoms with E-state index in [0.29, 0.717) is 18.9 Å². The monoisotopic (exact) mass is 303 g/mol. The fraction of sp³-hybridized carbons (Fsp3) is 0.267. The lowest BCUT2D eigenvalue weighted by Crippen LogP contribution is -2.18. The van der Waals surface area contributed by atoms with Crippen molar-refractivity contribution in [3.63, 3.8) is 0 Å². The maximum atomic E-state index is 8.94. The molecule has 1 aromatic carbocycles. The van der Waals surface area contributed by atoms with Gasteiger partial charge in [-0.05, 0) is 25.5 Å². The fourth-order valence-electron chi connectivity index (χ4n) is 1.78. The Labute approximate surface area is 129 Å². The molecule has 0 spiro atoms. The van der Waals surface area contributed by atoms with Crippen molar-refractivity contribution in [1.82, 2.24) is 15.4 Å². The van der Waals surface area contributed by atoms with E-state index in [4.69, 9.17) is 9.53 Å². The molecular weight excluding hydrogens is 282 g/mol. The van der Waals surface area contributed by atoms with Crippen LogP contribution in [0.4, 0.5) is 5.69 Å². The second kappa shape index (κ2) is 9.30. The van der Waals surface area contributed by atoms with Crippen LogP contribution in [0.5, 0.6) is 5.88 Å². The molecular formula is C15H21N5O2. The summed E-state index contributed by atoms with van der Waals surface area (Å²) in [7, 11) is 1.91. The number of nitrogens with two attached hydrogens (primary N) is 1. The summed E-state index contributed by atoms with van der Waals surface area (Å²) < 4.78 is 5.68. The van der Waals surface area contributed by atoms with E-state index < -0.39 is 0 Å². The number of hydrogen-bond acceptors (Lipinski definition) is 6. The molecule has 0 aliphatic carbocycles. The molecule has 0 radical (unpaired) electrons. The van der Waals surface area contributed by atoms with Crippen LogP contribution in [0.25, 0.3) is 0 Å². The largest absolute Gasteiger partial charge is 0.472 e. The Hall–Kier alpha value is -2.67. The van der Waals surface area contributed by atoms with Gasteiger partial charge in [0.05, 0.1) is 11.9 Å². The predicted molar refractivity (Wildman–Crippen MR) is 85.2 cm³/mol. The zero-order valence-corrected chi connectivity index (χ0v) is 13.0. The third kappa shape index (κ3) is 5.37. The highest BCUT2D eigenvalue weighted by Gasteiger charge is 2.06. The molecule has 0 aliphatic heterocycles. The molecule has 0 fully saturated rings. The molecule has 1 heterocycles. The van der Waals surface area contributed by atoms with Gasteiger partial charge < -0.3 is 10.1 Å². The van der Waals surface area contributed by atoms with Crippen LogP contribution in [0.3, 0.4) is 0 Å². The van der Waals surface area contributed by atoms with E-state index in [-0.39, 0.29) is 0 Å². The summed E-state index contributed by atoms with van der Waals surface area (Å²) in [5, 5.41) is 3.17. The molecule has 1 amide bonds. The number of amides is 1. The van der Waals surface area contributed by atoms with E-state index in [1.807, 2.05) is 26.1 Å². The van der Waals surface area contributed by atoms with Gasteiger partial charge in [0.2, 0.25) is 12.3 Å². The van der Waals surface area contributed by atoms with E-state index in [1.54, 1.807) is 17.8 Å². The van der Waals surface area contributed by atoms with Crippen LogP contribution in [-0.4, -0.2) is 23.4 Å². The van der Waals surface area contributed by atoms with E-state index in [0.717, 1.165) is 16.9 Å². The van der Waals surface area contributed by atoms with Gasteiger partial charge in [-0.3, -0.25) is 15.2 Å². The van der Waals surface area contributed by atoms with Crippen molar-refractivity contribution in [2.45, 2.75) is 20.5 Å². The van der Waals surface area contributed by atoms with Crippen LogP contribution in [0.1, 0.15) is 16.8 Å². The summed E-state index contributed by atoms with van der Waals surface area (Å²) in [4.78, 5) is 17.3. The second-order valence-corrected chi connectivity index (χ2v) is 4.42. The minimum Gasteiger partial charge on any atom is -0.472 e. The Morgan fingerprint density at radius 3 is 2.64 bits per heavy atom.